The monoisotopic (exact) mass is 292 g/mol. The highest BCUT2D eigenvalue weighted by Crippen LogP contribution is 2.33. The predicted molar refractivity (Wildman–Crippen MR) is 75.5 cm³/mol. The van der Waals surface area contributed by atoms with Crippen molar-refractivity contribution in [2.24, 2.45) is 0 Å². The molecule has 0 radical (unpaired) electrons. The van der Waals surface area contributed by atoms with Gasteiger partial charge in [-0.3, -0.25) is 14.4 Å². The summed E-state index contributed by atoms with van der Waals surface area (Å²) in [6, 6.07) is 5.02. The van der Waals surface area contributed by atoms with E-state index < -0.39 is 5.97 Å². The van der Waals surface area contributed by atoms with Crippen LogP contribution in [0.5, 0.6) is 5.75 Å². The fourth-order valence-electron chi connectivity index (χ4n) is 1.97. The van der Waals surface area contributed by atoms with E-state index in [0.717, 1.165) is 0 Å². The van der Waals surface area contributed by atoms with Gasteiger partial charge in [0.25, 0.3) is 5.91 Å². The molecule has 0 saturated carbocycles. The molecule has 7 nitrogen and oxygen atoms in total. The molecule has 1 aromatic carbocycles. The van der Waals surface area contributed by atoms with Gasteiger partial charge in [-0.2, -0.15) is 0 Å². The van der Waals surface area contributed by atoms with Crippen LogP contribution in [0.2, 0.25) is 0 Å². The molecule has 1 heterocycles. The van der Waals surface area contributed by atoms with Gasteiger partial charge in [-0.15, -0.1) is 0 Å². The fraction of sp³-hybridized carbons (Fsp3) is 0.357. The molecule has 0 spiro atoms. The van der Waals surface area contributed by atoms with Crippen molar-refractivity contribution in [2.45, 2.75) is 19.3 Å². The Balaban J connectivity index is 2.00. The van der Waals surface area contributed by atoms with Crippen molar-refractivity contribution < 1.29 is 24.2 Å². The summed E-state index contributed by atoms with van der Waals surface area (Å²) < 4.78 is 5.29. The van der Waals surface area contributed by atoms with Crippen LogP contribution in [-0.4, -0.2) is 36.5 Å². The molecule has 0 bridgehead atoms. The van der Waals surface area contributed by atoms with Gasteiger partial charge in [0.15, 0.2) is 6.61 Å². The van der Waals surface area contributed by atoms with Crippen LogP contribution < -0.4 is 15.0 Å². The first-order valence-electron chi connectivity index (χ1n) is 6.52. The zero-order chi connectivity index (χ0) is 15.4. The third kappa shape index (κ3) is 3.71. The van der Waals surface area contributed by atoms with Crippen LogP contribution in [0, 0.1) is 0 Å². The largest absolute Gasteiger partial charge is 0.482 e. The van der Waals surface area contributed by atoms with Crippen molar-refractivity contribution in [3.63, 3.8) is 0 Å². The number of likely N-dealkylation sites (N-methyl/N-ethyl adjacent to an activating group) is 1. The number of hydrogen-bond acceptors (Lipinski definition) is 4. The average Bonchev–Trinajstić information content (AvgIpc) is 2.43. The highest BCUT2D eigenvalue weighted by Gasteiger charge is 2.22. The normalized spacial score (nSPS) is 13.4. The van der Waals surface area contributed by atoms with E-state index in [1.165, 1.54) is 4.90 Å². The fourth-order valence-corrected chi connectivity index (χ4v) is 1.97. The van der Waals surface area contributed by atoms with Crippen molar-refractivity contribution >= 4 is 29.2 Å². The Morgan fingerprint density at radius 1 is 1.38 bits per heavy atom. The zero-order valence-corrected chi connectivity index (χ0v) is 11.6. The molecule has 1 aliphatic heterocycles. The lowest BCUT2D eigenvalue weighted by Crippen LogP contribution is -2.35. The summed E-state index contributed by atoms with van der Waals surface area (Å²) in [5.41, 5.74) is 1.13. The number of nitrogens with zero attached hydrogens (tertiary/aromatic N) is 1. The Labute approximate surface area is 121 Å². The lowest BCUT2D eigenvalue weighted by atomic mass is 10.2. The molecule has 7 heteroatoms. The first-order chi connectivity index (χ1) is 9.97. The van der Waals surface area contributed by atoms with Crippen molar-refractivity contribution in [3.8, 4) is 5.75 Å². The molecule has 0 unspecified atom stereocenters. The molecule has 0 aliphatic carbocycles. The van der Waals surface area contributed by atoms with Gasteiger partial charge >= 0.3 is 5.97 Å². The maximum Gasteiger partial charge on any atom is 0.303 e. The Morgan fingerprint density at radius 3 is 2.86 bits per heavy atom. The van der Waals surface area contributed by atoms with Gasteiger partial charge in [0.1, 0.15) is 5.75 Å². The molecule has 2 rings (SSSR count). The molecule has 1 aromatic rings. The number of ether oxygens (including phenoxy) is 1. The number of amides is 2. The maximum atomic E-state index is 11.7. The lowest BCUT2D eigenvalue weighted by molar-refractivity contribution is -0.137. The summed E-state index contributed by atoms with van der Waals surface area (Å²) in [5.74, 6) is -0.760. The molecule has 0 fully saturated rings. The van der Waals surface area contributed by atoms with E-state index in [4.69, 9.17) is 9.84 Å². The molecule has 21 heavy (non-hydrogen) atoms. The van der Waals surface area contributed by atoms with Crippen LogP contribution in [0.3, 0.4) is 0 Å². The van der Waals surface area contributed by atoms with Crippen LogP contribution in [-0.2, 0) is 14.4 Å². The van der Waals surface area contributed by atoms with E-state index in [1.54, 1.807) is 25.2 Å². The van der Waals surface area contributed by atoms with Crippen LogP contribution in [0.1, 0.15) is 19.3 Å². The smallest absolute Gasteiger partial charge is 0.303 e. The number of hydrogen-bond donors (Lipinski definition) is 2. The van der Waals surface area contributed by atoms with Gasteiger partial charge in [-0.1, -0.05) is 0 Å². The number of anilines is 2. The number of benzene rings is 1. The van der Waals surface area contributed by atoms with Crippen molar-refractivity contribution in [2.75, 3.05) is 23.9 Å². The summed E-state index contributed by atoms with van der Waals surface area (Å²) in [4.78, 5) is 35.1. The SMILES string of the molecule is CN1C(=O)COc2ccc(NC(=O)CCCC(=O)O)cc21. The third-order valence-corrected chi connectivity index (χ3v) is 3.12. The van der Waals surface area contributed by atoms with E-state index in [-0.39, 0.29) is 37.7 Å². The highest BCUT2D eigenvalue weighted by molar-refractivity contribution is 5.99. The highest BCUT2D eigenvalue weighted by atomic mass is 16.5. The second-order valence-electron chi connectivity index (χ2n) is 4.72. The Hall–Kier alpha value is -2.57. The van der Waals surface area contributed by atoms with Gasteiger partial charge < -0.3 is 20.1 Å². The van der Waals surface area contributed by atoms with E-state index in [0.29, 0.717) is 17.1 Å². The minimum absolute atomic E-state index is 0.00436. The second kappa shape index (κ2) is 6.25. The molecule has 2 N–H and O–H groups in total. The van der Waals surface area contributed by atoms with Crippen LogP contribution in [0.4, 0.5) is 11.4 Å². The summed E-state index contributed by atoms with van der Waals surface area (Å²) in [7, 11) is 1.64. The Kier molecular flexibility index (Phi) is 4.42. The number of carboxylic acids is 1. The number of carbonyl (C=O) groups is 3. The molecular formula is C14H16N2O5. The summed E-state index contributed by atoms with van der Waals surface area (Å²) in [5, 5.41) is 11.2. The third-order valence-electron chi connectivity index (χ3n) is 3.12. The second-order valence-corrected chi connectivity index (χ2v) is 4.72. The lowest BCUT2D eigenvalue weighted by Gasteiger charge is -2.26. The van der Waals surface area contributed by atoms with Crippen molar-refractivity contribution in [3.05, 3.63) is 18.2 Å². The molecule has 0 saturated heterocycles. The predicted octanol–water partition coefficient (Wildman–Crippen LogP) is 1.24. The average molecular weight is 292 g/mol. The maximum absolute atomic E-state index is 11.7. The van der Waals surface area contributed by atoms with Gasteiger partial charge in [-0.05, 0) is 24.6 Å². The topological polar surface area (TPSA) is 95.9 Å². The van der Waals surface area contributed by atoms with E-state index >= 15 is 0 Å². The number of nitrogens with one attached hydrogen (secondary N) is 1. The van der Waals surface area contributed by atoms with E-state index in [2.05, 4.69) is 5.32 Å². The van der Waals surface area contributed by atoms with Crippen LogP contribution in [0.25, 0.3) is 0 Å². The number of aliphatic carboxylic acids is 1. The molecule has 0 atom stereocenters. The minimum Gasteiger partial charge on any atom is -0.482 e. The van der Waals surface area contributed by atoms with Gasteiger partial charge in [0.2, 0.25) is 5.91 Å². The number of fused-ring (bicyclic) bond motifs is 1. The molecule has 1 aliphatic rings. The van der Waals surface area contributed by atoms with E-state index in [9.17, 15) is 14.4 Å². The van der Waals surface area contributed by atoms with E-state index in [1.807, 2.05) is 0 Å². The molecular weight excluding hydrogens is 276 g/mol. The number of carbonyl (C=O) groups excluding carboxylic acids is 2. The minimum atomic E-state index is -0.922. The summed E-state index contributed by atoms with van der Waals surface area (Å²) in [6.45, 7) is 0.00436. The van der Waals surface area contributed by atoms with Crippen LogP contribution >= 0.6 is 0 Å². The first-order valence-corrected chi connectivity index (χ1v) is 6.52. The standard InChI is InChI=1S/C14H16N2O5/c1-16-10-7-9(5-6-11(10)21-8-13(16)18)15-12(17)3-2-4-14(19)20/h5-7H,2-4,8H2,1H3,(H,15,17)(H,19,20). The zero-order valence-electron chi connectivity index (χ0n) is 11.6. The molecule has 2 amide bonds. The number of carboxylic acid groups (broad SMARTS) is 1. The number of rotatable bonds is 5. The van der Waals surface area contributed by atoms with Gasteiger partial charge in [-0.25, -0.2) is 0 Å². The van der Waals surface area contributed by atoms with Crippen LogP contribution in [0.15, 0.2) is 18.2 Å². The summed E-state index contributed by atoms with van der Waals surface area (Å²) >= 11 is 0. The molecule has 0 aromatic heterocycles. The Morgan fingerprint density at radius 2 is 2.14 bits per heavy atom. The van der Waals surface area contributed by atoms with Crippen molar-refractivity contribution in [1.29, 1.82) is 0 Å². The van der Waals surface area contributed by atoms with Gasteiger partial charge in [0, 0.05) is 25.6 Å². The summed E-state index contributed by atoms with van der Waals surface area (Å²) in [6.07, 6.45) is 0.380. The first kappa shape index (κ1) is 14.8. The van der Waals surface area contributed by atoms with Gasteiger partial charge in [0.05, 0.1) is 5.69 Å². The Bertz CT molecular complexity index is 585. The van der Waals surface area contributed by atoms with Crippen molar-refractivity contribution in [1.82, 2.24) is 0 Å². The quantitative estimate of drug-likeness (QED) is 0.851. The molecule has 112 valence electrons.